The van der Waals surface area contributed by atoms with Crippen LogP contribution in [-0.4, -0.2) is 44.3 Å². The number of hydrogen-bond acceptors (Lipinski definition) is 4. The molecular formula is C32H29Cl4N3O4S. The van der Waals surface area contributed by atoms with Crippen molar-refractivity contribution in [2.24, 2.45) is 0 Å². The highest BCUT2D eigenvalue weighted by atomic mass is 35.5. The normalized spacial score (nSPS) is 11.9. The van der Waals surface area contributed by atoms with Crippen molar-refractivity contribution in [2.75, 3.05) is 17.4 Å². The molecule has 12 heteroatoms. The van der Waals surface area contributed by atoms with Crippen LogP contribution in [0.3, 0.4) is 0 Å². The number of halogens is 4. The Labute approximate surface area is 277 Å². The van der Waals surface area contributed by atoms with Gasteiger partial charge in [-0.1, -0.05) is 101 Å². The molecule has 1 atom stereocenters. The van der Waals surface area contributed by atoms with Gasteiger partial charge >= 0.3 is 0 Å². The average Bonchev–Trinajstić information content (AvgIpc) is 3.01. The largest absolute Gasteiger partial charge is 0.355 e. The van der Waals surface area contributed by atoms with E-state index in [-0.39, 0.29) is 33.6 Å². The number of hydrogen-bond donors (Lipinski definition) is 1. The van der Waals surface area contributed by atoms with Crippen LogP contribution in [0, 0.1) is 0 Å². The van der Waals surface area contributed by atoms with Gasteiger partial charge < -0.3 is 10.2 Å². The fourth-order valence-electron chi connectivity index (χ4n) is 4.59. The lowest BCUT2D eigenvalue weighted by Crippen LogP contribution is -2.53. The highest BCUT2D eigenvalue weighted by molar-refractivity contribution is 7.92. The standard InChI is InChI=1S/C32H29Cl4N3O4S/c1-2-37-32(41)30(18-22-10-5-3-6-11-22)38(20-25-26(33)14-9-15-27(25)34)31(40)21-39(23-16-17-28(35)29(36)19-23)44(42,43)24-12-7-4-8-13-24/h3-17,19,30H,2,18,20-21H2,1H3,(H,37,41)/t30-/m0/s1. The lowest BCUT2D eigenvalue weighted by Gasteiger charge is -2.34. The molecule has 4 rings (SSSR count). The van der Waals surface area contributed by atoms with Crippen molar-refractivity contribution in [3.63, 3.8) is 0 Å². The number of nitrogens with zero attached hydrogens (tertiary/aromatic N) is 2. The minimum atomic E-state index is -4.29. The summed E-state index contributed by atoms with van der Waals surface area (Å²) >= 11 is 25.4. The van der Waals surface area contributed by atoms with Crippen LogP contribution in [0.25, 0.3) is 0 Å². The monoisotopic (exact) mass is 691 g/mol. The van der Waals surface area contributed by atoms with Crippen molar-refractivity contribution >= 4 is 73.9 Å². The van der Waals surface area contributed by atoms with E-state index in [1.165, 1.54) is 35.2 Å². The van der Waals surface area contributed by atoms with Crippen molar-refractivity contribution in [3.8, 4) is 0 Å². The van der Waals surface area contributed by atoms with E-state index >= 15 is 0 Å². The maximum atomic E-state index is 14.4. The Bertz CT molecular complexity index is 1700. The molecule has 0 spiro atoms. The highest BCUT2D eigenvalue weighted by Gasteiger charge is 2.35. The summed E-state index contributed by atoms with van der Waals surface area (Å²) < 4.78 is 29.0. The van der Waals surface area contributed by atoms with Crippen molar-refractivity contribution in [2.45, 2.75) is 30.8 Å². The predicted octanol–water partition coefficient (Wildman–Crippen LogP) is 7.27. The summed E-state index contributed by atoms with van der Waals surface area (Å²) in [7, 11) is -4.29. The second-order valence-corrected chi connectivity index (χ2v) is 13.2. The van der Waals surface area contributed by atoms with Gasteiger partial charge in [0.05, 0.1) is 20.6 Å². The number of likely N-dealkylation sites (N-methyl/N-ethyl adjacent to an activating group) is 1. The van der Waals surface area contributed by atoms with E-state index in [0.717, 1.165) is 9.87 Å². The minimum Gasteiger partial charge on any atom is -0.355 e. The van der Waals surface area contributed by atoms with Gasteiger partial charge in [-0.2, -0.15) is 0 Å². The van der Waals surface area contributed by atoms with Gasteiger partial charge in [-0.05, 0) is 55.0 Å². The summed E-state index contributed by atoms with van der Waals surface area (Å²) in [6, 6.07) is 25.1. The van der Waals surface area contributed by atoms with Crippen LogP contribution in [0.1, 0.15) is 18.1 Å². The van der Waals surface area contributed by atoms with Gasteiger partial charge in [-0.15, -0.1) is 0 Å². The van der Waals surface area contributed by atoms with Gasteiger partial charge in [0.15, 0.2) is 0 Å². The first-order valence-electron chi connectivity index (χ1n) is 13.6. The number of sulfonamides is 1. The second-order valence-electron chi connectivity index (χ2n) is 9.75. The van der Waals surface area contributed by atoms with E-state index in [2.05, 4.69) is 5.32 Å². The van der Waals surface area contributed by atoms with Crippen LogP contribution in [0.2, 0.25) is 20.1 Å². The lowest BCUT2D eigenvalue weighted by atomic mass is 10.0. The topological polar surface area (TPSA) is 86.8 Å². The third kappa shape index (κ3) is 8.06. The van der Waals surface area contributed by atoms with E-state index in [1.807, 2.05) is 30.3 Å². The number of carbonyl (C=O) groups excluding carboxylic acids is 2. The summed E-state index contributed by atoms with van der Waals surface area (Å²) in [5.41, 5.74) is 1.33. The quantitative estimate of drug-likeness (QED) is 0.169. The number of carbonyl (C=O) groups is 2. The van der Waals surface area contributed by atoms with E-state index < -0.39 is 34.4 Å². The first kappa shape index (κ1) is 33.6. The Morgan fingerprint density at radius 2 is 1.39 bits per heavy atom. The molecule has 230 valence electrons. The second kappa shape index (κ2) is 15.1. The highest BCUT2D eigenvalue weighted by Crippen LogP contribution is 2.32. The third-order valence-corrected chi connectivity index (χ3v) is 10.0. The zero-order chi connectivity index (χ0) is 31.9. The zero-order valence-corrected chi connectivity index (χ0v) is 27.4. The Balaban J connectivity index is 1.84. The van der Waals surface area contributed by atoms with E-state index in [4.69, 9.17) is 46.4 Å². The molecule has 1 N–H and O–H groups in total. The molecule has 0 unspecified atom stereocenters. The van der Waals surface area contributed by atoms with Crippen LogP contribution >= 0.6 is 46.4 Å². The molecule has 0 aliphatic carbocycles. The molecule has 44 heavy (non-hydrogen) atoms. The summed E-state index contributed by atoms with van der Waals surface area (Å²) in [6.45, 7) is 1.26. The van der Waals surface area contributed by atoms with Gasteiger partial charge in [0.1, 0.15) is 12.6 Å². The molecule has 4 aromatic rings. The van der Waals surface area contributed by atoms with Crippen LogP contribution in [0.4, 0.5) is 5.69 Å². The van der Waals surface area contributed by atoms with Crippen LogP contribution < -0.4 is 9.62 Å². The molecule has 0 aromatic heterocycles. The summed E-state index contributed by atoms with van der Waals surface area (Å²) in [5, 5.41) is 3.72. The minimum absolute atomic E-state index is 0.0378. The third-order valence-electron chi connectivity index (χ3n) is 6.81. The molecule has 0 radical (unpaired) electrons. The summed E-state index contributed by atoms with van der Waals surface area (Å²) in [6.07, 6.45) is 0.151. The molecule has 0 heterocycles. The SMILES string of the molecule is CCNC(=O)[C@H](Cc1ccccc1)N(Cc1c(Cl)cccc1Cl)C(=O)CN(c1ccc(Cl)c(Cl)c1)S(=O)(=O)c1ccccc1. The number of anilines is 1. The van der Waals surface area contributed by atoms with E-state index in [0.29, 0.717) is 22.2 Å². The predicted molar refractivity (Wildman–Crippen MR) is 177 cm³/mol. The Morgan fingerprint density at radius 3 is 1.98 bits per heavy atom. The molecule has 0 aliphatic heterocycles. The average molecular weight is 693 g/mol. The van der Waals surface area contributed by atoms with Crippen molar-refractivity contribution < 1.29 is 18.0 Å². The van der Waals surface area contributed by atoms with Gasteiger partial charge in [0, 0.05) is 35.1 Å². The van der Waals surface area contributed by atoms with Gasteiger partial charge in [-0.3, -0.25) is 13.9 Å². The first-order valence-corrected chi connectivity index (χ1v) is 16.5. The number of rotatable bonds is 12. The van der Waals surface area contributed by atoms with E-state index in [9.17, 15) is 18.0 Å². The molecule has 4 aromatic carbocycles. The maximum Gasteiger partial charge on any atom is 0.264 e. The fourth-order valence-corrected chi connectivity index (χ4v) is 6.82. The molecule has 2 amide bonds. The van der Waals surface area contributed by atoms with Gasteiger partial charge in [0.25, 0.3) is 10.0 Å². The Morgan fingerprint density at radius 1 is 0.773 bits per heavy atom. The van der Waals surface area contributed by atoms with Crippen molar-refractivity contribution in [1.29, 1.82) is 0 Å². The number of nitrogens with one attached hydrogen (secondary N) is 1. The Hall–Kier alpha value is -3.27. The lowest BCUT2D eigenvalue weighted by molar-refractivity contribution is -0.140. The van der Waals surface area contributed by atoms with Crippen LogP contribution in [0.15, 0.2) is 102 Å². The Kier molecular flexibility index (Phi) is 11.6. The smallest absolute Gasteiger partial charge is 0.264 e. The fraction of sp³-hybridized carbons (Fsp3) is 0.188. The maximum absolute atomic E-state index is 14.4. The van der Waals surface area contributed by atoms with Gasteiger partial charge in [0.2, 0.25) is 11.8 Å². The number of amides is 2. The van der Waals surface area contributed by atoms with Crippen LogP contribution in [0.5, 0.6) is 0 Å². The molecule has 0 saturated heterocycles. The molecule has 0 bridgehead atoms. The molecule has 7 nitrogen and oxygen atoms in total. The molecule has 0 saturated carbocycles. The molecule has 0 fully saturated rings. The summed E-state index contributed by atoms with van der Waals surface area (Å²) in [5.74, 6) is -1.08. The number of benzene rings is 4. The van der Waals surface area contributed by atoms with Crippen molar-refractivity contribution in [3.05, 3.63) is 128 Å². The van der Waals surface area contributed by atoms with E-state index in [1.54, 1.807) is 43.3 Å². The first-order chi connectivity index (χ1) is 21.0. The summed E-state index contributed by atoms with van der Waals surface area (Å²) in [4.78, 5) is 29.3. The molecular weight excluding hydrogens is 664 g/mol. The van der Waals surface area contributed by atoms with Gasteiger partial charge in [-0.25, -0.2) is 8.42 Å². The van der Waals surface area contributed by atoms with Crippen molar-refractivity contribution in [1.82, 2.24) is 10.2 Å². The zero-order valence-electron chi connectivity index (χ0n) is 23.6. The molecule has 0 aliphatic rings. The van der Waals surface area contributed by atoms with Crippen LogP contribution in [-0.2, 0) is 32.6 Å².